The van der Waals surface area contributed by atoms with Gasteiger partial charge in [0.2, 0.25) is 0 Å². The van der Waals surface area contributed by atoms with Crippen LogP contribution in [0.25, 0.3) is 0 Å². The summed E-state index contributed by atoms with van der Waals surface area (Å²) in [4.78, 5) is 22.6. The third kappa shape index (κ3) is 12.2. The number of carbonyl (C=O) groups is 1. The molecule has 156 valence electrons. The second-order valence-electron chi connectivity index (χ2n) is 6.27. The van der Waals surface area contributed by atoms with Crippen molar-refractivity contribution in [2.45, 2.75) is 65.8 Å². The molecular weight excluding hydrogens is 475 g/mol. The van der Waals surface area contributed by atoms with Crippen molar-refractivity contribution in [1.29, 1.82) is 0 Å². The smallest absolute Gasteiger partial charge is 0.305 e. The Balaban J connectivity index is 0.00000676. The van der Waals surface area contributed by atoms with Gasteiger partial charge in [0.25, 0.3) is 0 Å². The Kier molecular flexibility index (Phi) is 15.6. The van der Waals surface area contributed by atoms with E-state index in [0.29, 0.717) is 13.0 Å². The van der Waals surface area contributed by atoms with Crippen LogP contribution in [0.2, 0.25) is 0 Å². The maximum atomic E-state index is 11.3. The van der Waals surface area contributed by atoms with E-state index in [4.69, 9.17) is 9.73 Å². The van der Waals surface area contributed by atoms with Crippen LogP contribution in [0, 0.1) is 6.92 Å². The van der Waals surface area contributed by atoms with Gasteiger partial charge in [0.15, 0.2) is 5.96 Å². The lowest BCUT2D eigenvalue weighted by atomic mass is 10.1. The molecule has 0 aromatic carbocycles. The van der Waals surface area contributed by atoms with E-state index in [1.807, 2.05) is 20.9 Å². The van der Waals surface area contributed by atoms with E-state index >= 15 is 0 Å². The molecule has 0 fully saturated rings. The van der Waals surface area contributed by atoms with Crippen molar-refractivity contribution in [1.82, 2.24) is 15.2 Å². The summed E-state index contributed by atoms with van der Waals surface area (Å²) in [7, 11) is 2.05. The van der Waals surface area contributed by atoms with Crippen molar-refractivity contribution in [2.24, 2.45) is 4.99 Å². The normalized spacial score (nSPS) is 11.0. The Morgan fingerprint density at radius 3 is 2.59 bits per heavy atom. The van der Waals surface area contributed by atoms with Gasteiger partial charge in [-0.1, -0.05) is 19.3 Å². The molecule has 0 aliphatic carbocycles. The maximum absolute atomic E-state index is 11.3. The first kappa shape index (κ1) is 26.1. The molecule has 0 radical (unpaired) electrons. The number of halogens is 1. The highest BCUT2D eigenvalue weighted by atomic mass is 127. The number of rotatable bonds is 12. The van der Waals surface area contributed by atoms with Gasteiger partial charge in [-0.05, 0) is 33.6 Å². The van der Waals surface area contributed by atoms with Crippen LogP contribution >= 0.6 is 35.3 Å². The van der Waals surface area contributed by atoms with E-state index < -0.39 is 0 Å². The Hall–Kier alpha value is -0.900. The third-order valence-electron chi connectivity index (χ3n) is 3.87. The summed E-state index contributed by atoms with van der Waals surface area (Å²) in [6.07, 6.45) is 5.88. The summed E-state index contributed by atoms with van der Waals surface area (Å²) in [5.74, 6) is 0.853. The molecule has 0 aliphatic rings. The SMILES string of the molecule is CCNC(=NCCCCCCCC(=O)OCC)N(C)Cc1csc(C)n1.I. The quantitative estimate of drug-likeness (QED) is 0.149. The number of aromatic nitrogens is 1. The monoisotopic (exact) mass is 510 g/mol. The highest BCUT2D eigenvalue weighted by Gasteiger charge is 2.08. The molecule has 0 saturated carbocycles. The van der Waals surface area contributed by atoms with Crippen molar-refractivity contribution < 1.29 is 9.53 Å². The summed E-state index contributed by atoms with van der Waals surface area (Å²) in [5, 5.41) is 6.54. The van der Waals surface area contributed by atoms with Gasteiger partial charge in [0.05, 0.1) is 23.9 Å². The van der Waals surface area contributed by atoms with E-state index in [1.54, 1.807) is 11.3 Å². The van der Waals surface area contributed by atoms with Crippen LogP contribution in [0.3, 0.4) is 0 Å². The van der Waals surface area contributed by atoms with Gasteiger partial charge in [-0.15, -0.1) is 35.3 Å². The lowest BCUT2D eigenvalue weighted by Crippen LogP contribution is -2.38. The van der Waals surface area contributed by atoms with Crippen molar-refractivity contribution in [3.63, 3.8) is 0 Å². The topological polar surface area (TPSA) is 66.8 Å². The molecule has 1 rings (SSSR count). The zero-order valence-corrected chi connectivity index (χ0v) is 20.3. The Labute approximate surface area is 185 Å². The molecule has 1 aromatic rings. The molecule has 0 spiro atoms. The second-order valence-corrected chi connectivity index (χ2v) is 7.33. The number of carbonyl (C=O) groups excluding carboxylic acids is 1. The van der Waals surface area contributed by atoms with Crippen LogP contribution in [0.1, 0.15) is 63.1 Å². The van der Waals surface area contributed by atoms with Gasteiger partial charge < -0.3 is 15.0 Å². The number of guanidine groups is 1. The van der Waals surface area contributed by atoms with Crippen molar-refractivity contribution in [2.75, 3.05) is 26.7 Å². The van der Waals surface area contributed by atoms with Crippen LogP contribution in [-0.2, 0) is 16.1 Å². The molecule has 0 saturated heterocycles. The number of ether oxygens (including phenoxy) is 1. The van der Waals surface area contributed by atoms with E-state index in [2.05, 4.69) is 27.5 Å². The molecule has 0 amide bonds. The van der Waals surface area contributed by atoms with Crippen molar-refractivity contribution in [3.05, 3.63) is 16.1 Å². The van der Waals surface area contributed by atoms with Gasteiger partial charge in [0.1, 0.15) is 0 Å². The number of esters is 1. The second kappa shape index (κ2) is 16.1. The van der Waals surface area contributed by atoms with Crippen molar-refractivity contribution in [3.8, 4) is 0 Å². The Bertz CT molecular complexity index is 552. The minimum absolute atomic E-state index is 0. The largest absolute Gasteiger partial charge is 0.466 e. The van der Waals surface area contributed by atoms with Gasteiger partial charge in [-0.2, -0.15) is 0 Å². The van der Waals surface area contributed by atoms with Gasteiger partial charge in [-0.25, -0.2) is 4.98 Å². The number of aryl methyl sites for hydroxylation is 1. The molecule has 1 aromatic heterocycles. The molecule has 1 heterocycles. The number of unbranched alkanes of at least 4 members (excludes halogenated alkanes) is 4. The van der Waals surface area contributed by atoms with Crippen LogP contribution in [0.5, 0.6) is 0 Å². The molecule has 0 aliphatic heterocycles. The number of hydrogen-bond acceptors (Lipinski definition) is 5. The average Bonchev–Trinajstić information content (AvgIpc) is 3.01. The van der Waals surface area contributed by atoms with E-state index in [1.165, 1.54) is 0 Å². The minimum atomic E-state index is -0.0780. The predicted molar refractivity (Wildman–Crippen MR) is 124 cm³/mol. The highest BCUT2D eigenvalue weighted by Crippen LogP contribution is 2.10. The van der Waals surface area contributed by atoms with Crippen LogP contribution in [0.4, 0.5) is 0 Å². The molecular formula is C19H35IN4O2S. The predicted octanol–water partition coefficient (Wildman–Crippen LogP) is 4.37. The first-order valence-corrected chi connectivity index (χ1v) is 10.5. The van der Waals surface area contributed by atoms with E-state index in [-0.39, 0.29) is 29.9 Å². The van der Waals surface area contributed by atoms with E-state index in [9.17, 15) is 4.79 Å². The molecule has 8 heteroatoms. The van der Waals surface area contributed by atoms with E-state index in [0.717, 1.165) is 68.4 Å². The lowest BCUT2D eigenvalue weighted by molar-refractivity contribution is -0.143. The molecule has 6 nitrogen and oxygen atoms in total. The van der Waals surface area contributed by atoms with Gasteiger partial charge in [0, 0.05) is 31.9 Å². The lowest BCUT2D eigenvalue weighted by Gasteiger charge is -2.21. The standard InChI is InChI=1S/C19H34N4O2S.HI/c1-5-20-19(23(4)14-17-15-26-16(3)22-17)21-13-11-9-7-8-10-12-18(24)25-6-2;/h15H,5-14H2,1-4H3,(H,20,21);1H. The first-order valence-electron chi connectivity index (χ1n) is 9.62. The fourth-order valence-electron chi connectivity index (χ4n) is 2.60. The number of thiazole rings is 1. The summed E-state index contributed by atoms with van der Waals surface area (Å²) < 4.78 is 4.93. The highest BCUT2D eigenvalue weighted by molar-refractivity contribution is 14.0. The minimum Gasteiger partial charge on any atom is -0.466 e. The number of aliphatic imine (C=N–C) groups is 1. The van der Waals surface area contributed by atoms with Gasteiger partial charge >= 0.3 is 5.97 Å². The summed E-state index contributed by atoms with van der Waals surface area (Å²) in [6, 6.07) is 0. The molecule has 0 atom stereocenters. The summed E-state index contributed by atoms with van der Waals surface area (Å²) in [6.45, 7) is 8.87. The molecule has 27 heavy (non-hydrogen) atoms. The number of nitrogens with one attached hydrogen (secondary N) is 1. The van der Waals surface area contributed by atoms with Crippen LogP contribution < -0.4 is 5.32 Å². The van der Waals surface area contributed by atoms with Gasteiger partial charge in [-0.3, -0.25) is 9.79 Å². The fraction of sp³-hybridized carbons (Fsp3) is 0.737. The maximum Gasteiger partial charge on any atom is 0.305 e. The fourth-order valence-corrected chi connectivity index (χ4v) is 3.20. The Morgan fingerprint density at radius 2 is 1.96 bits per heavy atom. The Morgan fingerprint density at radius 1 is 1.26 bits per heavy atom. The van der Waals surface area contributed by atoms with Crippen LogP contribution in [0.15, 0.2) is 10.4 Å². The molecule has 0 unspecified atom stereocenters. The zero-order chi connectivity index (χ0) is 19.2. The summed E-state index contributed by atoms with van der Waals surface area (Å²) >= 11 is 1.68. The first-order chi connectivity index (χ1) is 12.6. The zero-order valence-electron chi connectivity index (χ0n) is 17.1. The average molecular weight is 510 g/mol. The molecule has 1 N–H and O–H groups in total. The number of nitrogens with zero attached hydrogens (tertiary/aromatic N) is 3. The van der Waals surface area contributed by atoms with Crippen molar-refractivity contribution >= 4 is 47.2 Å². The number of hydrogen-bond donors (Lipinski definition) is 1. The summed E-state index contributed by atoms with van der Waals surface area (Å²) in [5.41, 5.74) is 1.09. The van der Waals surface area contributed by atoms with Crippen LogP contribution in [-0.4, -0.2) is 48.6 Å². The molecule has 0 bridgehead atoms. The third-order valence-corrected chi connectivity index (χ3v) is 4.69.